The number of amides is 1. The second kappa shape index (κ2) is 10.3. The quantitative estimate of drug-likeness (QED) is 0.434. The summed E-state index contributed by atoms with van der Waals surface area (Å²) in [5.41, 5.74) is 5.45. The third-order valence-corrected chi connectivity index (χ3v) is 5.24. The minimum atomic E-state index is -0.0731. The molecular formula is C23H23ClN4O4. The maximum absolute atomic E-state index is 12.3. The van der Waals surface area contributed by atoms with Gasteiger partial charge in [-0.2, -0.15) is 5.10 Å². The number of pyridine rings is 1. The van der Waals surface area contributed by atoms with Crippen LogP contribution in [0.2, 0.25) is 5.02 Å². The van der Waals surface area contributed by atoms with Crippen molar-refractivity contribution in [1.82, 2.24) is 9.88 Å². The van der Waals surface area contributed by atoms with Crippen LogP contribution in [0.5, 0.6) is 11.5 Å². The molecule has 3 aromatic rings. The minimum Gasteiger partial charge on any atom is -0.493 e. The molecule has 1 fully saturated rings. The number of rotatable bonds is 7. The number of morpholine rings is 1. The molecule has 9 heteroatoms. The predicted octanol–water partition coefficient (Wildman–Crippen LogP) is 3.58. The van der Waals surface area contributed by atoms with E-state index >= 15 is 0 Å². The van der Waals surface area contributed by atoms with Gasteiger partial charge in [0.15, 0.2) is 18.1 Å². The molecule has 4 rings (SSSR count). The fourth-order valence-corrected chi connectivity index (χ4v) is 3.49. The lowest BCUT2D eigenvalue weighted by atomic mass is 10.2. The first-order valence-corrected chi connectivity index (χ1v) is 10.5. The Morgan fingerprint density at radius 3 is 2.88 bits per heavy atom. The van der Waals surface area contributed by atoms with Crippen molar-refractivity contribution in [3.8, 4) is 11.5 Å². The molecule has 1 aromatic heterocycles. The number of carbonyl (C=O) groups is 1. The van der Waals surface area contributed by atoms with Gasteiger partial charge in [0, 0.05) is 29.7 Å². The van der Waals surface area contributed by atoms with E-state index in [-0.39, 0.29) is 12.5 Å². The summed E-state index contributed by atoms with van der Waals surface area (Å²) in [5.74, 6) is 0.944. The summed E-state index contributed by atoms with van der Waals surface area (Å²) in [5, 5.41) is 5.87. The van der Waals surface area contributed by atoms with E-state index in [0.717, 1.165) is 22.2 Å². The Kier molecular flexibility index (Phi) is 7.03. The van der Waals surface area contributed by atoms with Crippen LogP contribution in [-0.4, -0.2) is 62.0 Å². The van der Waals surface area contributed by atoms with Gasteiger partial charge in [-0.25, -0.2) is 0 Å². The van der Waals surface area contributed by atoms with E-state index in [4.69, 9.17) is 25.8 Å². The van der Waals surface area contributed by atoms with Crippen LogP contribution in [0.15, 0.2) is 53.8 Å². The summed E-state index contributed by atoms with van der Waals surface area (Å²) < 4.78 is 16.4. The average molecular weight is 455 g/mol. The van der Waals surface area contributed by atoms with Gasteiger partial charge in [-0.3, -0.25) is 15.2 Å². The van der Waals surface area contributed by atoms with Crippen molar-refractivity contribution >= 4 is 40.3 Å². The van der Waals surface area contributed by atoms with Crippen LogP contribution in [0.3, 0.4) is 0 Å². The number of aromatic nitrogens is 1. The fraction of sp³-hybridized carbons (Fsp3) is 0.261. The molecular weight excluding hydrogens is 432 g/mol. The van der Waals surface area contributed by atoms with Gasteiger partial charge >= 0.3 is 0 Å². The van der Waals surface area contributed by atoms with Gasteiger partial charge in [-0.1, -0.05) is 11.6 Å². The van der Waals surface area contributed by atoms with Gasteiger partial charge in [0.1, 0.15) is 0 Å². The lowest BCUT2D eigenvalue weighted by Crippen LogP contribution is -2.43. The predicted molar refractivity (Wildman–Crippen MR) is 124 cm³/mol. The standard InChI is InChI=1S/C23H23ClN4O4/c1-30-22-12-16(2-5-21(22)32-15-23(29)28-8-10-31-11-9-28)14-26-27-19-6-7-25-20-13-17(24)3-4-18(19)20/h2-7,12-14H,8-11,15H2,1H3,(H,25,27)/b26-14+. The van der Waals surface area contributed by atoms with E-state index in [0.29, 0.717) is 42.8 Å². The molecule has 0 bridgehead atoms. The smallest absolute Gasteiger partial charge is 0.260 e. The molecule has 1 saturated heterocycles. The number of ether oxygens (including phenoxy) is 3. The highest BCUT2D eigenvalue weighted by molar-refractivity contribution is 6.31. The van der Waals surface area contributed by atoms with E-state index in [2.05, 4.69) is 15.5 Å². The third kappa shape index (κ3) is 5.27. The Hall–Kier alpha value is -3.36. The van der Waals surface area contributed by atoms with Gasteiger partial charge in [0.25, 0.3) is 5.91 Å². The number of nitrogens with zero attached hydrogens (tertiary/aromatic N) is 3. The van der Waals surface area contributed by atoms with Crippen LogP contribution in [0.1, 0.15) is 5.56 Å². The summed E-state index contributed by atoms with van der Waals surface area (Å²) in [7, 11) is 1.55. The van der Waals surface area contributed by atoms with Crippen molar-refractivity contribution in [1.29, 1.82) is 0 Å². The first-order valence-electron chi connectivity index (χ1n) is 10.1. The third-order valence-electron chi connectivity index (χ3n) is 5.01. The molecule has 32 heavy (non-hydrogen) atoms. The maximum atomic E-state index is 12.3. The minimum absolute atomic E-state index is 0.0511. The van der Waals surface area contributed by atoms with Gasteiger partial charge < -0.3 is 19.1 Å². The maximum Gasteiger partial charge on any atom is 0.260 e. The number of benzene rings is 2. The van der Waals surface area contributed by atoms with Gasteiger partial charge in [0.05, 0.1) is 37.7 Å². The van der Waals surface area contributed by atoms with E-state index in [1.54, 1.807) is 42.6 Å². The van der Waals surface area contributed by atoms with Crippen molar-refractivity contribution < 1.29 is 19.0 Å². The number of fused-ring (bicyclic) bond motifs is 1. The first kappa shape index (κ1) is 21.9. The zero-order chi connectivity index (χ0) is 22.3. The lowest BCUT2D eigenvalue weighted by Gasteiger charge is -2.26. The summed E-state index contributed by atoms with van der Waals surface area (Å²) >= 11 is 6.04. The molecule has 8 nitrogen and oxygen atoms in total. The number of nitrogens with one attached hydrogen (secondary N) is 1. The topological polar surface area (TPSA) is 85.3 Å². The molecule has 0 unspecified atom stereocenters. The van der Waals surface area contributed by atoms with Crippen LogP contribution in [0.25, 0.3) is 10.9 Å². The molecule has 1 amide bonds. The summed E-state index contributed by atoms with van der Waals surface area (Å²) in [6.45, 7) is 2.23. The second-order valence-corrected chi connectivity index (χ2v) is 7.52. The lowest BCUT2D eigenvalue weighted by molar-refractivity contribution is -0.137. The highest BCUT2D eigenvalue weighted by atomic mass is 35.5. The molecule has 0 saturated carbocycles. The van der Waals surface area contributed by atoms with Gasteiger partial charge in [-0.15, -0.1) is 0 Å². The van der Waals surface area contributed by atoms with Crippen molar-refractivity contribution in [2.24, 2.45) is 5.10 Å². The van der Waals surface area contributed by atoms with Crippen LogP contribution in [-0.2, 0) is 9.53 Å². The molecule has 2 aromatic carbocycles. The SMILES string of the molecule is COc1cc(/C=N/Nc2ccnc3cc(Cl)ccc23)ccc1OCC(=O)N1CCOCC1. The zero-order valence-corrected chi connectivity index (χ0v) is 18.3. The molecule has 1 N–H and O–H groups in total. The van der Waals surface area contributed by atoms with Crippen LogP contribution >= 0.6 is 11.6 Å². The Morgan fingerprint density at radius 2 is 2.06 bits per heavy atom. The zero-order valence-electron chi connectivity index (χ0n) is 17.6. The molecule has 2 heterocycles. The molecule has 0 spiro atoms. The molecule has 0 aliphatic carbocycles. The van der Waals surface area contributed by atoms with E-state index < -0.39 is 0 Å². The highest BCUT2D eigenvalue weighted by Crippen LogP contribution is 2.28. The number of anilines is 1. The Labute approximate surface area is 190 Å². The Morgan fingerprint density at radius 1 is 1.22 bits per heavy atom. The van der Waals surface area contributed by atoms with Crippen molar-refractivity contribution in [3.05, 3.63) is 59.2 Å². The average Bonchev–Trinajstić information content (AvgIpc) is 2.83. The summed E-state index contributed by atoms with van der Waals surface area (Å²) in [6.07, 6.45) is 3.37. The molecule has 166 valence electrons. The number of carbonyl (C=O) groups excluding carboxylic acids is 1. The van der Waals surface area contributed by atoms with Gasteiger partial charge in [0.2, 0.25) is 0 Å². The molecule has 1 aliphatic heterocycles. The van der Waals surface area contributed by atoms with Crippen LogP contribution in [0.4, 0.5) is 5.69 Å². The number of halogens is 1. The van der Waals surface area contributed by atoms with Crippen molar-refractivity contribution in [2.45, 2.75) is 0 Å². The van der Waals surface area contributed by atoms with Crippen molar-refractivity contribution in [2.75, 3.05) is 45.4 Å². The Bertz CT molecular complexity index is 1130. The Balaban J connectivity index is 1.40. The number of hydrogen-bond donors (Lipinski definition) is 1. The highest BCUT2D eigenvalue weighted by Gasteiger charge is 2.18. The fourth-order valence-electron chi connectivity index (χ4n) is 3.32. The van der Waals surface area contributed by atoms with Crippen molar-refractivity contribution in [3.63, 3.8) is 0 Å². The number of hydrazone groups is 1. The molecule has 0 radical (unpaired) electrons. The second-order valence-electron chi connectivity index (χ2n) is 7.08. The molecule has 0 atom stereocenters. The molecule has 1 aliphatic rings. The largest absolute Gasteiger partial charge is 0.493 e. The summed E-state index contributed by atoms with van der Waals surface area (Å²) in [6, 6.07) is 12.8. The van der Waals surface area contributed by atoms with Crippen LogP contribution < -0.4 is 14.9 Å². The summed E-state index contributed by atoms with van der Waals surface area (Å²) in [4.78, 5) is 18.3. The monoisotopic (exact) mass is 454 g/mol. The number of methoxy groups -OCH3 is 1. The van der Waals surface area contributed by atoms with Crippen LogP contribution in [0, 0.1) is 0 Å². The normalized spacial score (nSPS) is 14.0. The number of hydrogen-bond acceptors (Lipinski definition) is 7. The van der Waals surface area contributed by atoms with E-state index in [1.807, 2.05) is 24.3 Å². The van der Waals surface area contributed by atoms with E-state index in [1.165, 1.54) is 0 Å². The van der Waals surface area contributed by atoms with E-state index in [9.17, 15) is 4.79 Å². The van der Waals surface area contributed by atoms with Gasteiger partial charge in [-0.05, 0) is 48.0 Å². The first-order chi connectivity index (χ1) is 15.6.